The van der Waals surface area contributed by atoms with E-state index in [0.717, 1.165) is 24.2 Å². The van der Waals surface area contributed by atoms with E-state index in [1.807, 2.05) is 37.9 Å². The van der Waals surface area contributed by atoms with Gasteiger partial charge >= 0.3 is 0 Å². The van der Waals surface area contributed by atoms with E-state index in [0.29, 0.717) is 17.4 Å². The maximum absolute atomic E-state index is 12.8. The third-order valence-electron chi connectivity index (χ3n) is 5.74. The SMILES string of the molecule is CCC(C)NC(=O)C(C)NC(=O)c1ccccc1SCC(=O)N(C)C1CCCCC1. The van der Waals surface area contributed by atoms with Gasteiger partial charge in [-0.3, -0.25) is 14.4 Å². The molecule has 2 unspecified atom stereocenters. The molecule has 7 heteroatoms. The van der Waals surface area contributed by atoms with Gasteiger partial charge in [-0.05, 0) is 45.2 Å². The normalized spacial score (nSPS) is 16.4. The van der Waals surface area contributed by atoms with Crippen molar-refractivity contribution in [2.75, 3.05) is 12.8 Å². The molecule has 1 aromatic carbocycles. The number of rotatable bonds is 9. The van der Waals surface area contributed by atoms with Gasteiger partial charge in [0.1, 0.15) is 6.04 Å². The lowest BCUT2D eigenvalue weighted by molar-refractivity contribution is -0.129. The van der Waals surface area contributed by atoms with Gasteiger partial charge < -0.3 is 15.5 Å². The lowest BCUT2D eigenvalue weighted by Crippen LogP contribution is -2.47. The molecule has 2 rings (SSSR count). The average molecular weight is 434 g/mol. The number of nitrogens with one attached hydrogen (secondary N) is 2. The Kier molecular flexibility index (Phi) is 9.69. The van der Waals surface area contributed by atoms with Crippen molar-refractivity contribution in [1.29, 1.82) is 0 Å². The van der Waals surface area contributed by atoms with Crippen LogP contribution in [0.4, 0.5) is 0 Å². The molecule has 0 aliphatic heterocycles. The van der Waals surface area contributed by atoms with Gasteiger partial charge in [-0.1, -0.05) is 38.3 Å². The minimum Gasteiger partial charge on any atom is -0.352 e. The molecule has 6 nitrogen and oxygen atoms in total. The Balaban J connectivity index is 1.95. The third-order valence-corrected chi connectivity index (χ3v) is 6.80. The summed E-state index contributed by atoms with van der Waals surface area (Å²) in [5, 5.41) is 5.64. The maximum atomic E-state index is 12.8. The number of carbonyl (C=O) groups excluding carboxylic acids is 3. The highest BCUT2D eigenvalue weighted by atomic mass is 32.2. The van der Waals surface area contributed by atoms with Crippen molar-refractivity contribution in [3.63, 3.8) is 0 Å². The third kappa shape index (κ3) is 7.04. The molecule has 1 aliphatic rings. The second-order valence-electron chi connectivity index (χ2n) is 8.09. The van der Waals surface area contributed by atoms with Gasteiger partial charge in [-0.2, -0.15) is 0 Å². The van der Waals surface area contributed by atoms with Gasteiger partial charge in [0.2, 0.25) is 11.8 Å². The Labute approximate surface area is 184 Å². The van der Waals surface area contributed by atoms with Crippen LogP contribution in [0.5, 0.6) is 0 Å². The van der Waals surface area contributed by atoms with Crippen LogP contribution in [0.2, 0.25) is 0 Å². The van der Waals surface area contributed by atoms with E-state index in [2.05, 4.69) is 10.6 Å². The van der Waals surface area contributed by atoms with Crippen molar-refractivity contribution in [2.24, 2.45) is 0 Å². The summed E-state index contributed by atoms with van der Waals surface area (Å²) < 4.78 is 0. The van der Waals surface area contributed by atoms with Gasteiger partial charge in [-0.25, -0.2) is 0 Å². The van der Waals surface area contributed by atoms with Crippen LogP contribution >= 0.6 is 11.8 Å². The minimum absolute atomic E-state index is 0.0619. The van der Waals surface area contributed by atoms with Crippen molar-refractivity contribution >= 4 is 29.5 Å². The van der Waals surface area contributed by atoms with Crippen molar-refractivity contribution in [1.82, 2.24) is 15.5 Å². The Hall–Kier alpha value is -2.02. The first-order chi connectivity index (χ1) is 14.3. The molecule has 0 radical (unpaired) electrons. The fourth-order valence-corrected chi connectivity index (χ4v) is 4.48. The molecular formula is C23H35N3O3S. The molecule has 2 N–H and O–H groups in total. The number of carbonyl (C=O) groups is 3. The van der Waals surface area contributed by atoms with Crippen LogP contribution in [0.1, 0.15) is 69.7 Å². The fraction of sp³-hybridized carbons (Fsp3) is 0.609. The average Bonchev–Trinajstić information content (AvgIpc) is 2.77. The predicted molar refractivity (Wildman–Crippen MR) is 122 cm³/mol. The molecule has 0 heterocycles. The zero-order chi connectivity index (χ0) is 22.1. The predicted octanol–water partition coefficient (Wildman–Crippen LogP) is 3.60. The topological polar surface area (TPSA) is 78.5 Å². The van der Waals surface area contributed by atoms with Crippen molar-refractivity contribution in [2.45, 2.75) is 82.3 Å². The number of benzene rings is 1. The molecule has 0 spiro atoms. The molecule has 1 fully saturated rings. The molecule has 0 bridgehead atoms. The summed E-state index contributed by atoms with van der Waals surface area (Å²) in [6, 6.07) is 6.97. The van der Waals surface area contributed by atoms with E-state index in [1.54, 1.807) is 19.1 Å². The molecule has 1 aromatic rings. The van der Waals surface area contributed by atoms with Crippen LogP contribution in [0.25, 0.3) is 0 Å². The standard InChI is InChI=1S/C23H35N3O3S/c1-5-16(2)24-22(28)17(3)25-23(29)19-13-9-10-14-20(19)30-15-21(27)26(4)18-11-7-6-8-12-18/h9-10,13-14,16-18H,5-8,11-12,15H2,1-4H3,(H,24,28)(H,25,29). The highest BCUT2D eigenvalue weighted by molar-refractivity contribution is 8.00. The van der Waals surface area contributed by atoms with E-state index in [4.69, 9.17) is 0 Å². The Morgan fingerprint density at radius 2 is 1.77 bits per heavy atom. The van der Waals surface area contributed by atoms with Gasteiger partial charge in [0.15, 0.2) is 0 Å². The second kappa shape index (κ2) is 12.0. The van der Waals surface area contributed by atoms with E-state index in [1.165, 1.54) is 31.0 Å². The lowest BCUT2D eigenvalue weighted by atomic mass is 9.94. The van der Waals surface area contributed by atoms with Crippen LogP contribution in [-0.2, 0) is 9.59 Å². The zero-order valence-electron chi connectivity index (χ0n) is 18.6. The smallest absolute Gasteiger partial charge is 0.253 e. The summed E-state index contributed by atoms with van der Waals surface area (Å²) in [6.07, 6.45) is 6.59. The Morgan fingerprint density at radius 3 is 2.43 bits per heavy atom. The molecule has 2 atom stereocenters. The van der Waals surface area contributed by atoms with Crippen LogP contribution in [0, 0.1) is 0 Å². The van der Waals surface area contributed by atoms with Crippen LogP contribution in [-0.4, -0.2) is 53.5 Å². The van der Waals surface area contributed by atoms with Crippen molar-refractivity contribution in [3.05, 3.63) is 29.8 Å². The van der Waals surface area contributed by atoms with E-state index in [9.17, 15) is 14.4 Å². The molecular weight excluding hydrogens is 398 g/mol. The molecule has 30 heavy (non-hydrogen) atoms. The van der Waals surface area contributed by atoms with Crippen LogP contribution in [0.15, 0.2) is 29.2 Å². The number of hydrogen-bond acceptors (Lipinski definition) is 4. The first-order valence-corrected chi connectivity index (χ1v) is 11.9. The summed E-state index contributed by atoms with van der Waals surface area (Å²) in [7, 11) is 1.88. The van der Waals surface area contributed by atoms with Gasteiger partial charge in [0.05, 0.1) is 11.3 Å². The van der Waals surface area contributed by atoms with Crippen LogP contribution < -0.4 is 10.6 Å². The van der Waals surface area contributed by atoms with Crippen LogP contribution in [0.3, 0.4) is 0 Å². The highest BCUT2D eigenvalue weighted by Gasteiger charge is 2.23. The van der Waals surface area contributed by atoms with Gasteiger partial charge in [-0.15, -0.1) is 11.8 Å². The van der Waals surface area contributed by atoms with E-state index >= 15 is 0 Å². The molecule has 0 saturated heterocycles. The summed E-state index contributed by atoms with van der Waals surface area (Å²) in [5.74, 6) is -0.130. The van der Waals surface area contributed by atoms with Crippen molar-refractivity contribution in [3.8, 4) is 0 Å². The summed E-state index contributed by atoms with van der Waals surface area (Å²) >= 11 is 1.37. The Bertz CT molecular complexity index is 734. The summed E-state index contributed by atoms with van der Waals surface area (Å²) in [5.41, 5.74) is 0.485. The number of thioether (sulfide) groups is 1. The largest absolute Gasteiger partial charge is 0.352 e. The highest BCUT2D eigenvalue weighted by Crippen LogP contribution is 2.25. The van der Waals surface area contributed by atoms with Gasteiger partial charge in [0, 0.05) is 24.0 Å². The first-order valence-electron chi connectivity index (χ1n) is 10.9. The Morgan fingerprint density at radius 1 is 1.10 bits per heavy atom. The molecule has 0 aromatic heterocycles. The first kappa shape index (κ1) is 24.3. The quantitative estimate of drug-likeness (QED) is 0.583. The molecule has 166 valence electrons. The molecule has 1 aliphatic carbocycles. The zero-order valence-corrected chi connectivity index (χ0v) is 19.4. The lowest BCUT2D eigenvalue weighted by Gasteiger charge is -2.31. The van der Waals surface area contributed by atoms with E-state index < -0.39 is 6.04 Å². The van der Waals surface area contributed by atoms with E-state index in [-0.39, 0.29) is 23.8 Å². The monoisotopic (exact) mass is 433 g/mol. The second-order valence-corrected chi connectivity index (χ2v) is 9.11. The number of hydrogen-bond donors (Lipinski definition) is 2. The molecule has 3 amide bonds. The summed E-state index contributed by atoms with van der Waals surface area (Å²) in [4.78, 5) is 40.2. The number of nitrogens with zero attached hydrogens (tertiary/aromatic N) is 1. The van der Waals surface area contributed by atoms with Crippen molar-refractivity contribution < 1.29 is 14.4 Å². The number of amides is 3. The fourth-order valence-electron chi connectivity index (χ4n) is 3.50. The maximum Gasteiger partial charge on any atom is 0.253 e. The molecule has 1 saturated carbocycles. The minimum atomic E-state index is -0.636. The van der Waals surface area contributed by atoms with Gasteiger partial charge in [0.25, 0.3) is 5.91 Å². The summed E-state index contributed by atoms with van der Waals surface area (Å²) in [6.45, 7) is 5.60.